The molecule has 0 spiro atoms. The normalized spacial score (nSPS) is 11.8. The van der Waals surface area contributed by atoms with Crippen LogP contribution in [0.4, 0.5) is 5.82 Å². The molecule has 2 aromatic heterocycles. The standard InChI is InChI=1S/C11H11N5S/c1-7-6-15-11(17-7)8(2)16-10-9(5-12)13-3-4-14-10/h3-4,6,8H,1-2H3,(H,14,16). The van der Waals surface area contributed by atoms with Crippen LogP contribution in [0.25, 0.3) is 0 Å². The maximum absolute atomic E-state index is 8.90. The quantitative estimate of drug-likeness (QED) is 0.898. The van der Waals surface area contributed by atoms with E-state index < -0.39 is 0 Å². The van der Waals surface area contributed by atoms with E-state index in [-0.39, 0.29) is 6.04 Å². The number of hydrogen-bond donors (Lipinski definition) is 1. The largest absolute Gasteiger partial charge is 0.359 e. The van der Waals surface area contributed by atoms with Gasteiger partial charge in [-0.25, -0.2) is 15.0 Å². The van der Waals surface area contributed by atoms with Gasteiger partial charge in [0.05, 0.1) is 6.04 Å². The molecular weight excluding hydrogens is 234 g/mol. The number of rotatable bonds is 3. The Labute approximate surface area is 103 Å². The average Bonchev–Trinajstić information content (AvgIpc) is 2.77. The van der Waals surface area contributed by atoms with Gasteiger partial charge in [-0.2, -0.15) is 5.26 Å². The third-order valence-electron chi connectivity index (χ3n) is 2.17. The van der Waals surface area contributed by atoms with Gasteiger partial charge in [-0.15, -0.1) is 11.3 Å². The van der Waals surface area contributed by atoms with Crippen LogP contribution in [-0.4, -0.2) is 15.0 Å². The van der Waals surface area contributed by atoms with Gasteiger partial charge in [0.15, 0.2) is 11.5 Å². The van der Waals surface area contributed by atoms with Crippen LogP contribution in [0.3, 0.4) is 0 Å². The molecule has 0 aliphatic carbocycles. The molecule has 1 atom stereocenters. The Morgan fingerprint density at radius 1 is 1.35 bits per heavy atom. The number of nitrogens with zero attached hydrogens (tertiary/aromatic N) is 4. The summed E-state index contributed by atoms with van der Waals surface area (Å²) in [5.41, 5.74) is 0.299. The molecule has 0 aliphatic rings. The summed E-state index contributed by atoms with van der Waals surface area (Å²) in [5, 5.41) is 13.0. The summed E-state index contributed by atoms with van der Waals surface area (Å²) in [6.45, 7) is 3.99. The number of aryl methyl sites for hydroxylation is 1. The van der Waals surface area contributed by atoms with Gasteiger partial charge in [0.1, 0.15) is 11.1 Å². The highest BCUT2D eigenvalue weighted by molar-refractivity contribution is 7.11. The van der Waals surface area contributed by atoms with E-state index in [0.717, 1.165) is 9.88 Å². The maximum atomic E-state index is 8.90. The molecule has 2 rings (SSSR count). The molecule has 0 amide bonds. The topological polar surface area (TPSA) is 74.5 Å². The van der Waals surface area contributed by atoms with Crippen LogP contribution in [0.2, 0.25) is 0 Å². The Bertz CT molecular complexity index is 557. The van der Waals surface area contributed by atoms with Gasteiger partial charge in [0.2, 0.25) is 0 Å². The average molecular weight is 245 g/mol. The Kier molecular flexibility index (Phi) is 3.30. The summed E-state index contributed by atoms with van der Waals surface area (Å²) < 4.78 is 0. The molecule has 17 heavy (non-hydrogen) atoms. The minimum atomic E-state index is 0.0116. The highest BCUT2D eigenvalue weighted by atomic mass is 32.1. The van der Waals surface area contributed by atoms with E-state index in [1.54, 1.807) is 17.5 Å². The van der Waals surface area contributed by atoms with Gasteiger partial charge in [-0.1, -0.05) is 0 Å². The maximum Gasteiger partial charge on any atom is 0.182 e. The van der Waals surface area contributed by atoms with Crippen LogP contribution in [-0.2, 0) is 0 Å². The first-order valence-corrected chi connectivity index (χ1v) is 5.92. The van der Waals surface area contributed by atoms with Crippen molar-refractivity contribution in [1.82, 2.24) is 15.0 Å². The smallest absolute Gasteiger partial charge is 0.182 e. The summed E-state index contributed by atoms with van der Waals surface area (Å²) in [4.78, 5) is 13.5. The fourth-order valence-electron chi connectivity index (χ4n) is 1.36. The molecular formula is C11H11N5S. The van der Waals surface area contributed by atoms with Gasteiger partial charge in [0.25, 0.3) is 0 Å². The SMILES string of the molecule is Cc1cnc(C(C)Nc2nccnc2C#N)s1. The Morgan fingerprint density at radius 2 is 2.12 bits per heavy atom. The van der Waals surface area contributed by atoms with Gasteiger partial charge >= 0.3 is 0 Å². The third-order valence-corrected chi connectivity index (χ3v) is 3.26. The predicted molar refractivity (Wildman–Crippen MR) is 65.6 cm³/mol. The summed E-state index contributed by atoms with van der Waals surface area (Å²) in [5.74, 6) is 0.496. The number of hydrogen-bond acceptors (Lipinski definition) is 6. The molecule has 0 bridgehead atoms. The zero-order valence-corrected chi connectivity index (χ0v) is 10.3. The minimum Gasteiger partial charge on any atom is -0.359 e. The number of nitrogens with one attached hydrogen (secondary N) is 1. The molecule has 2 aromatic rings. The number of anilines is 1. The monoisotopic (exact) mass is 245 g/mol. The van der Waals surface area contributed by atoms with Gasteiger partial charge in [-0.05, 0) is 13.8 Å². The van der Waals surface area contributed by atoms with Crippen molar-refractivity contribution in [2.24, 2.45) is 0 Å². The van der Waals surface area contributed by atoms with Crippen molar-refractivity contribution >= 4 is 17.2 Å². The first-order valence-electron chi connectivity index (χ1n) is 5.10. The van der Waals surface area contributed by atoms with Crippen LogP contribution in [0, 0.1) is 18.3 Å². The number of nitriles is 1. The first-order chi connectivity index (χ1) is 8.20. The van der Waals surface area contributed by atoms with E-state index >= 15 is 0 Å². The predicted octanol–water partition coefficient (Wildman–Crippen LogP) is 2.29. The van der Waals surface area contributed by atoms with Crippen molar-refractivity contribution in [3.8, 4) is 6.07 Å². The van der Waals surface area contributed by atoms with Crippen molar-refractivity contribution in [3.05, 3.63) is 34.2 Å². The highest BCUT2D eigenvalue weighted by Crippen LogP contribution is 2.22. The molecule has 0 fully saturated rings. The Hall–Kier alpha value is -2.00. The molecule has 5 nitrogen and oxygen atoms in total. The van der Waals surface area contributed by atoms with E-state index in [9.17, 15) is 0 Å². The molecule has 2 heterocycles. The molecule has 6 heteroatoms. The summed E-state index contributed by atoms with van der Waals surface area (Å²) in [7, 11) is 0. The second kappa shape index (κ2) is 4.89. The van der Waals surface area contributed by atoms with E-state index in [1.807, 2.05) is 26.1 Å². The van der Waals surface area contributed by atoms with E-state index in [0.29, 0.717) is 11.5 Å². The lowest BCUT2D eigenvalue weighted by Gasteiger charge is -2.11. The highest BCUT2D eigenvalue weighted by Gasteiger charge is 2.12. The molecule has 1 unspecified atom stereocenters. The minimum absolute atomic E-state index is 0.0116. The van der Waals surface area contributed by atoms with Crippen molar-refractivity contribution in [3.63, 3.8) is 0 Å². The van der Waals surface area contributed by atoms with Crippen LogP contribution in [0.5, 0.6) is 0 Å². The van der Waals surface area contributed by atoms with Crippen LogP contribution in [0.15, 0.2) is 18.6 Å². The molecule has 0 saturated carbocycles. The molecule has 86 valence electrons. The van der Waals surface area contributed by atoms with Crippen LogP contribution >= 0.6 is 11.3 Å². The fourth-order valence-corrected chi connectivity index (χ4v) is 2.14. The second-order valence-corrected chi connectivity index (χ2v) is 4.81. The molecule has 0 aliphatic heterocycles. The van der Waals surface area contributed by atoms with Crippen LogP contribution < -0.4 is 5.32 Å². The molecule has 1 N–H and O–H groups in total. The van der Waals surface area contributed by atoms with Gasteiger partial charge in [-0.3, -0.25) is 0 Å². The van der Waals surface area contributed by atoms with Crippen molar-refractivity contribution in [2.45, 2.75) is 19.9 Å². The second-order valence-electron chi connectivity index (χ2n) is 3.54. The zero-order valence-electron chi connectivity index (χ0n) is 9.51. The fraction of sp³-hybridized carbons (Fsp3) is 0.273. The lowest BCUT2D eigenvalue weighted by atomic mass is 10.3. The third kappa shape index (κ3) is 2.57. The van der Waals surface area contributed by atoms with E-state index in [1.165, 1.54) is 6.20 Å². The lowest BCUT2D eigenvalue weighted by Crippen LogP contribution is -2.09. The lowest BCUT2D eigenvalue weighted by molar-refractivity contribution is 0.856. The number of aromatic nitrogens is 3. The zero-order chi connectivity index (χ0) is 12.3. The van der Waals surface area contributed by atoms with Gasteiger partial charge < -0.3 is 5.32 Å². The van der Waals surface area contributed by atoms with Gasteiger partial charge in [0, 0.05) is 23.5 Å². The van der Waals surface area contributed by atoms with Crippen molar-refractivity contribution in [1.29, 1.82) is 5.26 Å². The molecule has 0 saturated heterocycles. The van der Waals surface area contributed by atoms with Crippen molar-refractivity contribution in [2.75, 3.05) is 5.32 Å². The summed E-state index contributed by atoms with van der Waals surface area (Å²) in [6, 6.07) is 2.02. The van der Waals surface area contributed by atoms with Crippen molar-refractivity contribution < 1.29 is 0 Å². The van der Waals surface area contributed by atoms with E-state index in [2.05, 4.69) is 20.3 Å². The molecule has 0 aromatic carbocycles. The summed E-state index contributed by atoms with van der Waals surface area (Å²) in [6.07, 6.45) is 4.89. The molecule has 0 radical (unpaired) electrons. The number of thiazole rings is 1. The first kappa shape index (κ1) is 11.5. The Balaban J connectivity index is 2.19. The van der Waals surface area contributed by atoms with Crippen LogP contribution in [0.1, 0.15) is 28.5 Å². The Morgan fingerprint density at radius 3 is 2.76 bits per heavy atom. The summed E-state index contributed by atoms with van der Waals surface area (Å²) >= 11 is 1.62. The van der Waals surface area contributed by atoms with E-state index in [4.69, 9.17) is 5.26 Å².